The minimum atomic E-state index is -0.319. The predicted molar refractivity (Wildman–Crippen MR) is 135 cm³/mol. The fourth-order valence-electron chi connectivity index (χ4n) is 5.39. The van der Waals surface area contributed by atoms with Crippen LogP contribution in [-0.2, 0) is 27.3 Å². The summed E-state index contributed by atoms with van der Waals surface area (Å²) in [6.07, 6.45) is 2.49. The van der Waals surface area contributed by atoms with Gasteiger partial charge >= 0.3 is 0 Å². The second kappa shape index (κ2) is 10.3. The summed E-state index contributed by atoms with van der Waals surface area (Å²) in [6, 6.07) is 13.3. The standard InChI is InChI=1S/C28H33N3O5/c1-3-26(32)29-20-8-11-24-22(14-20)28(34)30(2)23-10-9-21(36-25(23)17-35-24)15-27(33)31-13-12-18-6-4-5-7-19(18)16-31/h4-8,11,14,21,23,25H,3,9-10,12-13,15-17H2,1-2H3,(H,29,32)/t21-,23+,25+/m1/s1. The van der Waals surface area contributed by atoms with Gasteiger partial charge in [0, 0.05) is 32.2 Å². The third-order valence-electron chi connectivity index (χ3n) is 7.50. The van der Waals surface area contributed by atoms with Crippen LogP contribution in [0.5, 0.6) is 5.75 Å². The molecule has 3 atom stereocenters. The Labute approximate surface area is 211 Å². The number of nitrogens with one attached hydrogen (secondary N) is 1. The van der Waals surface area contributed by atoms with Crippen molar-refractivity contribution in [2.24, 2.45) is 0 Å². The van der Waals surface area contributed by atoms with Gasteiger partial charge in [0.05, 0.1) is 24.1 Å². The fraction of sp³-hybridized carbons (Fsp3) is 0.464. The van der Waals surface area contributed by atoms with E-state index in [-0.39, 0.29) is 42.6 Å². The molecule has 0 bridgehead atoms. The molecule has 0 saturated carbocycles. The first-order valence-electron chi connectivity index (χ1n) is 12.8. The van der Waals surface area contributed by atoms with Crippen LogP contribution in [0.1, 0.15) is 54.1 Å². The highest BCUT2D eigenvalue weighted by Crippen LogP contribution is 2.33. The summed E-state index contributed by atoms with van der Waals surface area (Å²) in [5.74, 6) is 0.291. The Morgan fingerprint density at radius 2 is 1.92 bits per heavy atom. The molecule has 1 saturated heterocycles. The zero-order chi connectivity index (χ0) is 25.2. The van der Waals surface area contributed by atoms with Crippen LogP contribution in [0.2, 0.25) is 0 Å². The van der Waals surface area contributed by atoms with Crippen molar-refractivity contribution in [3.63, 3.8) is 0 Å². The maximum Gasteiger partial charge on any atom is 0.257 e. The summed E-state index contributed by atoms with van der Waals surface area (Å²) in [6.45, 7) is 3.44. The quantitative estimate of drug-likeness (QED) is 0.708. The summed E-state index contributed by atoms with van der Waals surface area (Å²) in [5, 5.41) is 2.80. The van der Waals surface area contributed by atoms with Crippen LogP contribution in [0.25, 0.3) is 0 Å². The zero-order valence-corrected chi connectivity index (χ0v) is 20.9. The minimum Gasteiger partial charge on any atom is -0.490 e. The number of hydrogen-bond acceptors (Lipinski definition) is 5. The van der Waals surface area contributed by atoms with Crippen LogP contribution in [0.3, 0.4) is 0 Å². The number of anilines is 1. The molecule has 8 nitrogen and oxygen atoms in total. The van der Waals surface area contributed by atoms with Gasteiger partial charge in [-0.15, -0.1) is 0 Å². The number of ether oxygens (including phenoxy) is 2. The van der Waals surface area contributed by atoms with Gasteiger partial charge in [-0.05, 0) is 48.6 Å². The molecular weight excluding hydrogens is 458 g/mol. The number of carbonyl (C=O) groups excluding carboxylic acids is 3. The van der Waals surface area contributed by atoms with E-state index in [2.05, 4.69) is 17.4 Å². The molecule has 190 valence electrons. The number of benzene rings is 2. The van der Waals surface area contributed by atoms with Crippen LogP contribution in [-0.4, -0.2) is 66.0 Å². The average Bonchev–Trinajstić information content (AvgIpc) is 2.90. The molecule has 1 N–H and O–H groups in total. The largest absolute Gasteiger partial charge is 0.490 e. The van der Waals surface area contributed by atoms with E-state index in [0.717, 1.165) is 19.4 Å². The topological polar surface area (TPSA) is 88.2 Å². The number of rotatable bonds is 4. The van der Waals surface area contributed by atoms with E-state index in [1.54, 1.807) is 37.1 Å². The molecule has 0 unspecified atom stereocenters. The Morgan fingerprint density at radius 3 is 2.72 bits per heavy atom. The number of fused-ring (bicyclic) bond motifs is 3. The summed E-state index contributed by atoms with van der Waals surface area (Å²) in [5.41, 5.74) is 3.53. The summed E-state index contributed by atoms with van der Waals surface area (Å²) in [4.78, 5) is 41.9. The van der Waals surface area contributed by atoms with E-state index < -0.39 is 0 Å². The SMILES string of the molecule is CCC(=O)Nc1ccc2c(c1)C(=O)N(C)[C@H]1CC[C@H](CC(=O)N3CCc4ccccc4C3)O[C@H]1CO2. The smallest absolute Gasteiger partial charge is 0.257 e. The lowest BCUT2D eigenvalue weighted by Crippen LogP contribution is -2.54. The Hall–Kier alpha value is -3.39. The molecular formula is C28H33N3O5. The van der Waals surface area contributed by atoms with Crippen molar-refractivity contribution < 1.29 is 23.9 Å². The molecule has 2 aromatic carbocycles. The fourth-order valence-corrected chi connectivity index (χ4v) is 5.39. The number of amides is 3. The van der Waals surface area contributed by atoms with Crippen molar-refractivity contribution in [1.82, 2.24) is 9.80 Å². The molecule has 3 heterocycles. The molecule has 3 amide bonds. The van der Waals surface area contributed by atoms with Crippen molar-refractivity contribution in [3.8, 4) is 5.75 Å². The Kier molecular flexibility index (Phi) is 6.96. The highest BCUT2D eigenvalue weighted by Gasteiger charge is 2.39. The lowest BCUT2D eigenvalue weighted by molar-refractivity contribution is -0.143. The van der Waals surface area contributed by atoms with Crippen molar-refractivity contribution in [2.45, 2.75) is 63.8 Å². The average molecular weight is 492 g/mol. The third-order valence-corrected chi connectivity index (χ3v) is 7.50. The predicted octanol–water partition coefficient (Wildman–Crippen LogP) is 3.39. The molecule has 0 aliphatic carbocycles. The zero-order valence-electron chi connectivity index (χ0n) is 20.9. The van der Waals surface area contributed by atoms with Gasteiger partial charge in [-0.1, -0.05) is 31.2 Å². The first-order chi connectivity index (χ1) is 17.4. The van der Waals surface area contributed by atoms with Gasteiger partial charge in [0.25, 0.3) is 5.91 Å². The summed E-state index contributed by atoms with van der Waals surface area (Å²) in [7, 11) is 1.78. The molecule has 3 aliphatic heterocycles. The molecule has 8 heteroatoms. The van der Waals surface area contributed by atoms with E-state index in [1.165, 1.54) is 11.1 Å². The Morgan fingerprint density at radius 1 is 1.11 bits per heavy atom. The molecule has 5 rings (SSSR count). The van der Waals surface area contributed by atoms with Gasteiger partial charge in [-0.25, -0.2) is 0 Å². The molecule has 0 spiro atoms. The van der Waals surface area contributed by atoms with Gasteiger partial charge in [-0.2, -0.15) is 0 Å². The van der Waals surface area contributed by atoms with Crippen molar-refractivity contribution in [1.29, 1.82) is 0 Å². The second-order valence-corrected chi connectivity index (χ2v) is 9.82. The highest BCUT2D eigenvalue weighted by atomic mass is 16.5. The van der Waals surface area contributed by atoms with Crippen molar-refractivity contribution in [3.05, 3.63) is 59.2 Å². The van der Waals surface area contributed by atoms with Gasteiger partial charge in [0.1, 0.15) is 18.5 Å². The Balaban J connectivity index is 1.24. The number of nitrogens with zero attached hydrogens (tertiary/aromatic N) is 2. The molecule has 1 fully saturated rings. The maximum atomic E-state index is 13.3. The van der Waals surface area contributed by atoms with Crippen LogP contribution < -0.4 is 10.1 Å². The van der Waals surface area contributed by atoms with Gasteiger partial charge < -0.3 is 24.6 Å². The lowest BCUT2D eigenvalue weighted by Gasteiger charge is -2.42. The van der Waals surface area contributed by atoms with Gasteiger partial charge in [0.2, 0.25) is 11.8 Å². The molecule has 3 aliphatic rings. The molecule has 0 aromatic heterocycles. The van der Waals surface area contributed by atoms with Crippen LogP contribution in [0.4, 0.5) is 5.69 Å². The van der Waals surface area contributed by atoms with Gasteiger partial charge in [-0.3, -0.25) is 14.4 Å². The third kappa shape index (κ3) is 4.95. The van der Waals surface area contributed by atoms with E-state index in [0.29, 0.717) is 42.8 Å². The summed E-state index contributed by atoms with van der Waals surface area (Å²) >= 11 is 0. The van der Waals surface area contributed by atoms with Crippen LogP contribution in [0.15, 0.2) is 42.5 Å². The van der Waals surface area contributed by atoms with E-state index in [4.69, 9.17) is 9.47 Å². The van der Waals surface area contributed by atoms with E-state index in [9.17, 15) is 14.4 Å². The molecule has 36 heavy (non-hydrogen) atoms. The first-order valence-corrected chi connectivity index (χ1v) is 12.8. The molecule has 2 aromatic rings. The first kappa shape index (κ1) is 24.3. The van der Waals surface area contributed by atoms with E-state index >= 15 is 0 Å². The normalized spacial score (nSPS) is 23.4. The number of carbonyl (C=O) groups is 3. The maximum absolute atomic E-state index is 13.3. The number of likely N-dealkylation sites (N-methyl/N-ethyl adjacent to an activating group) is 1. The molecule has 0 radical (unpaired) electrons. The number of hydrogen-bond donors (Lipinski definition) is 1. The monoisotopic (exact) mass is 491 g/mol. The minimum absolute atomic E-state index is 0.108. The van der Waals surface area contributed by atoms with Crippen molar-refractivity contribution in [2.75, 3.05) is 25.5 Å². The van der Waals surface area contributed by atoms with Crippen LogP contribution >= 0.6 is 0 Å². The van der Waals surface area contributed by atoms with Crippen LogP contribution in [0, 0.1) is 0 Å². The highest BCUT2D eigenvalue weighted by molar-refractivity contribution is 5.99. The Bertz CT molecular complexity index is 1170. The van der Waals surface area contributed by atoms with Crippen molar-refractivity contribution >= 4 is 23.4 Å². The van der Waals surface area contributed by atoms with Gasteiger partial charge in [0.15, 0.2) is 0 Å². The second-order valence-electron chi connectivity index (χ2n) is 9.82. The lowest BCUT2D eigenvalue weighted by atomic mass is 9.94. The summed E-state index contributed by atoms with van der Waals surface area (Å²) < 4.78 is 12.4. The van der Waals surface area contributed by atoms with E-state index in [1.807, 2.05) is 17.0 Å².